The molecule has 4 rings (SSSR count). The quantitative estimate of drug-likeness (QED) is 0.570. The second kappa shape index (κ2) is 8.96. The van der Waals surface area contributed by atoms with Gasteiger partial charge in [-0.1, -0.05) is 0 Å². The fourth-order valence-electron chi connectivity index (χ4n) is 3.00. The smallest absolute Gasteiger partial charge is 0.387 e. The summed E-state index contributed by atoms with van der Waals surface area (Å²) in [5.74, 6) is 0.281. The number of amides is 2. The molecule has 1 aliphatic carbocycles. The number of hydrogen-bond acceptors (Lipinski definition) is 9. The molecule has 1 fully saturated rings. The number of anilines is 3. The third kappa shape index (κ3) is 4.63. The monoisotopic (exact) mass is 437 g/mol. The Kier molecular flexibility index (Phi) is 5.92. The van der Waals surface area contributed by atoms with Crippen LogP contribution in [0.4, 0.5) is 22.0 Å². The van der Waals surface area contributed by atoms with Crippen LogP contribution in [-0.4, -0.2) is 60.7 Å². The van der Waals surface area contributed by atoms with Crippen LogP contribution < -0.4 is 15.4 Å². The summed E-state index contributed by atoms with van der Waals surface area (Å²) in [7, 11) is 3.25. The molecule has 1 aliphatic rings. The van der Waals surface area contributed by atoms with Gasteiger partial charge in [-0.05, 0) is 19.8 Å². The van der Waals surface area contributed by atoms with Gasteiger partial charge in [-0.2, -0.15) is 5.10 Å². The number of nitrogens with zero attached hydrogens (tertiary/aromatic N) is 7. The summed E-state index contributed by atoms with van der Waals surface area (Å²) >= 11 is 0. The van der Waals surface area contributed by atoms with Crippen molar-refractivity contribution in [3.8, 4) is 5.88 Å². The van der Waals surface area contributed by atoms with Crippen LogP contribution >= 0.6 is 0 Å². The van der Waals surface area contributed by atoms with Gasteiger partial charge in [-0.25, -0.2) is 24.7 Å². The van der Waals surface area contributed by atoms with Gasteiger partial charge in [0.15, 0.2) is 5.82 Å². The van der Waals surface area contributed by atoms with Crippen molar-refractivity contribution < 1.29 is 14.3 Å². The first-order valence-electron chi connectivity index (χ1n) is 10.1. The molecule has 0 radical (unpaired) electrons. The molecule has 0 bridgehead atoms. The maximum absolute atomic E-state index is 12.7. The van der Waals surface area contributed by atoms with E-state index in [0.717, 1.165) is 18.5 Å². The van der Waals surface area contributed by atoms with Crippen LogP contribution in [0.1, 0.15) is 41.9 Å². The van der Waals surface area contributed by atoms with Gasteiger partial charge in [0.05, 0.1) is 41.9 Å². The minimum Gasteiger partial charge on any atom is -0.387 e. The maximum atomic E-state index is 12.7. The number of rotatable bonds is 7. The molecular formula is C20H23N9O3. The molecule has 32 heavy (non-hydrogen) atoms. The number of hydrogen-bond donors (Lipinski definition) is 2. The van der Waals surface area contributed by atoms with Crippen molar-refractivity contribution in [1.29, 1.82) is 0 Å². The largest absolute Gasteiger partial charge is 0.418 e. The molecule has 3 heterocycles. The predicted octanol–water partition coefficient (Wildman–Crippen LogP) is 2.42. The maximum Gasteiger partial charge on any atom is 0.418 e. The summed E-state index contributed by atoms with van der Waals surface area (Å²) < 4.78 is 7.00. The van der Waals surface area contributed by atoms with Crippen LogP contribution in [0, 0.1) is 0 Å². The van der Waals surface area contributed by atoms with E-state index in [4.69, 9.17) is 4.74 Å². The third-order valence-corrected chi connectivity index (χ3v) is 4.75. The van der Waals surface area contributed by atoms with Crippen molar-refractivity contribution in [3.05, 3.63) is 42.5 Å². The number of ether oxygens (including phenoxy) is 1. The van der Waals surface area contributed by atoms with E-state index < -0.39 is 6.09 Å². The van der Waals surface area contributed by atoms with E-state index in [-0.39, 0.29) is 29.0 Å². The lowest BCUT2D eigenvalue weighted by Gasteiger charge is -2.14. The minimum absolute atomic E-state index is 0.0131. The molecule has 0 spiro atoms. The number of nitrogens with one attached hydrogen (secondary N) is 2. The van der Waals surface area contributed by atoms with Crippen molar-refractivity contribution in [3.63, 3.8) is 0 Å². The average molecular weight is 437 g/mol. The Bertz CT molecular complexity index is 1130. The molecule has 2 N–H and O–H groups in total. The van der Waals surface area contributed by atoms with Gasteiger partial charge in [-0.3, -0.25) is 14.8 Å². The lowest BCUT2D eigenvalue weighted by atomic mass is 10.3. The summed E-state index contributed by atoms with van der Waals surface area (Å²) in [5, 5.41) is 9.76. The van der Waals surface area contributed by atoms with E-state index in [9.17, 15) is 9.59 Å². The zero-order valence-electron chi connectivity index (χ0n) is 17.9. The van der Waals surface area contributed by atoms with Gasteiger partial charge in [-0.15, -0.1) is 0 Å². The van der Waals surface area contributed by atoms with Crippen LogP contribution in [0.5, 0.6) is 5.88 Å². The van der Waals surface area contributed by atoms with Crippen molar-refractivity contribution in [1.82, 2.24) is 34.6 Å². The molecule has 1 saturated carbocycles. The summed E-state index contributed by atoms with van der Waals surface area (Å²) in [6.07, 6.45) is 8.82. The van der Waals surface area contributed by atoms with Gasteiger partial charge in [0, 0.05) is 26.6 Å². The molecule has 166 valence electrons. The van der Waals surface area contributed by atoms with Crippen molar-refractivity contribution in [2.24, 2.45) is 0 Å². The lowest BCUT2D eigenvalue weighted by molar-refractivity contribution is 0.0816. The molecule has 12 heteroatoms. The molecule has 0 unspecified atom stereocenters. The van der Waals surface area contributed by atoms with Gasteiger partial charge in [0.2, 0.25) is 0 Å². The number of carbonyl (C=O) groups is 2. The average Bonchev–Trinajstić information content (AvgIpc) is 3.56. The first-order valence-corrected chi connectivity index (χ1v) is 10.1. The fourth-order valence-corrected chi connectivity index (χ4v) is 3.00. The molecular weight excluding hydrogens is 414 g/mol. The predicted molar refractivity (Wildman–Crippen MR) is 115 cm³/mol. The number of carbonyl (C=O) groups excluding carboxylic acids is 2. The molecule has 3 aromatic heterocycles. The summed E-state index contributed by atoms with van der Waals surface area (Å²) in [5.41, 5.74) is 1.82. The normalized spacial score (nSPS) is 12.8. The first kappa shape index (κ1) is 21.2. The Labute approximate surface area is 184 Å². The Morgan fingerprint density at radius 1 is 1.19 bits per heavy atom. The van der Waals surface area contributed by atoms with Crippen LogP contribution in [0.3, 0.4) is 0 Å². The zero-order valence-corrected chi connectivity index (χ0v) is 17.9. The van der Waals surface area contributed by atoms with Gasteiger partial charge in [0.1, 0.15) is 12.0 Å². The summed E-state index contributed by atoms with van der Waals surface area (Å²) in [6, 6.07) is 0. The van der Waals surface area contributed by atoms with Gasteiger partial charge >= 0.3 is 6.09 Å². The second-order valence-electron chi connectivity index (χ2n) is 7.41. The van der Waals surface area contributed by atoms with E-state index in [1.807, 2.05) is 6.92 Å². The zero-order chi connectivity index (χ0) is 22.7. The first-order chi connectivity index (χ1) is 15.5. The summed E-state index contributed by atoms with van der Waals surface area (Å²) in [4.78, 5) is 43.4. The highest BCUT2D eigenvalue weighted by atomic mass is 16.6. The second-order valence-corrected chi connectivity index (χ2v) is 7.41. The number of aromatic nitrogens is 6. The molecule has 0 aromatic carbocycles. The van der Waals surface area contributed by atoms with Crippen molar-refractivity contribution in [2.45, 2.75) is 32.2 Å². The Hall–Kier alpha value is -4.09. The Balaban J connectivity index is 1.57. The van der Waals surface area contributed by atoms with Crippen LogP contribution in [0.2, 0.25) is 0 Å². The highest BCUT2D eigenvalue weighted by Gasteiger charge is 2.28. The molecule has 3 aromatic rings. The number of aryl methyl sites for hydroxylation is 1. The van der Waals surface area contributed by atoms with Crippen LogP contribution in [0.25, 0.3) is 0 Å². The van der Waals surface area contributed by atoms with Crippen LogP contribution in [-0.2, 0) is 6.54 Å². The minimum atomic E-state index is -0.817. The topological polar surface area (TPSA) is 140 Å². The highest BCUT2D eigenvalue weighted by Crippen LogP contribution is 2.40. The molecule has 0 saturated heterocycles. The van der Waals surface area contributed by atoms with Crippen LogP contribution in [0.15, 0.2) is 31.1 Å². The fraction of sp³-hybridized carbons (Fsp3) is 0.350. The highest BCUT2D eigenvalue weighted by molar-refractivity contribution is 6.01. The van der Waals surface area contributed by atoms with Crippen molar-refractivity contribution in [2.75, 3.05) is 24.7 Å². The molecule has 12 nitrogen and oxygen atoms in total. The molecule has 0 atom stereocenters. The van der Waals surface area contributed by atoms with Crippen molar-refractivity contribution >= 4 is 29.2 Å². The van der Waals surface area contributed by atoms with E-state index in [0.29, 0.717) is 18.2 Å². The van der Waals surface area contributed by atoms with E-state index in [1.165, 1.54) is 22.1 Å². The van der Waals surface area contributed by atoms with E-state index in [1.54, 1.807) is 32.7 Å². The summed E-state index contributed by atoms with van der Waals surface area (Å²) in [6.45, 7) is 2.32. The van der Waals surface area contributed by atoms with E-state index >= 15 is 0 Å². The third-order valence-electron chi connectivity index (χ3n) is 4.75. The van der Waals surface area contributed by atoms with E-state index in [2.05, 4.69) is 35.7 Å². The Morgan fingerprint density at radius 2 is 1.94 bits per heavy atom. The lowest BCUT2D eigenvalue weighted by Crippen LogP contribution is -2.27. The van der Waals surface area contributed by atoms with Gasteiger partial charge in [0.25, 0.3) is 11.8 Å². The molecule has 2 amide bonds. The van der Waals surface area contributed by atoms with Gasteiger partial charge < -0.3 is 15.0 Å². The molecule has 0 aliphatic heterocycles. The standard InChI is InChI=1S/C20H23N9O3/c1-4-29-16(19(30)28(2)3)15(10-24-29)27-20(31)32-18-17(25-13-7-21-11-22-8-13)23-9-14(26-18)12-5-6-12/h7-12H,4-6H2,1-3H3,(H,23,25)(H,27,31). The SMILES string of the molecule is CCn1ncc(NC(=O)Oc2nc(C3CC3)cnc2Nc2cncnc2)c1C(=O)N(C)C. The Morgan fingerprint density at radius 3 is 2.59 bits per heavy atom.